The summed E-state index contributed by atoms with van der Waals surface area (Å²) in [6, 6.07) is 3.78. The molecule has 3 rings (SSSR count). The Morgan fingerprint density at radius 3 is 2.90 bits per heavy atom. The molecule has 2 aromatic rings. The topological polar surface area (TPSA) is 68.5 Å². The molecule has 0 aliphatic carbocycles. The van der Waals surface area contributed by atoms with Crippen molar-refractivity contribution in [2.24, 2.45) is 0 Å². The molecule has 2 heterocycles. The lowest BCUT2D eigenvalue weighted by atomic mass is 10.1. The normalized spacial score (nSPS) is 18.6. The molecule has 0 spiro atoms. The summed E-state index contributed by atoms with van der Waals surface area (Å²) in [5, 5.41) is 9.17. The first-order valence-corrected chi connectivity index (χ1v) is 6.27. The average molecular weight is 277 g/mol. The lowest BCUT2D eigenvalue weighted by molar-refractivity contribution is 0.0585. The zero-order valence-electron chi connectivity index (χ0n) is 10.5. The maximum atomic E-state index is 13.3. The van der Waals surface area contributed by atoms with E-state index < -0.39 is 17.2 Å². The van der Waals surface area contributed by atoms with Crippen molar-refractivity contribution in [2.75, 3.05) is 6.61 Å². The number of ether oxygens (including phenoxy) is 1. The van der Waals surface area contributed by atoms with Gasteiger partial charge in [-0.15, -0.1) is 0 Å². The van der Waals surface area contributed by atoms with E-state index >= 15 is 0 Å². The van der Waals surface area contributed by atoms with Gasteiger partial charge in [-0.3, -0.25) is 4.79 Å². The Kier molecular flexibility index (Phi) is 3.02. The van der Waals surface area contributed by atoms with Crippen LogP contribution in [0.4, 0.5) is 4.39 Å². The van der Waals surface area contributed by atoms with Gasteiger partial charge in [-0.2, -0.15) is 0 Å². The summed E-state index contributed by atoms with van der Waals surface area (Å²) < 4.78 is 20.5. The maximum absolute atomic E-state index is 13.3. The lowest BCUT2D eigenvalue weighted by Crippen LogP contribution is -2.21. The van der Waals surface area contributed by atoms with Gasteiger partial charge in [-0.05, 0) is 31.0 Å². The van der Waals surface area contributed by atoms with E-state index in [1.165, 1.54) is 18.3 Å². The van der Waals surface area contributed by atoms with Gasteiger partial charge in [0.05, 0.1) is 5.52 Å². The molecule has 0 saturated carbocycles. The molecule has 1 aliphatic rings. The van der Waals surface area contributed by atoms with Crippen molar-refractivity contribution in [2.45, 2.75) is 19.1 Å². The highest BCUT2D eigenvalue weighted by Gasteiger charge is 2.22. The standard InChI is InChI=1S/C14H12FNO4/c15-8-3-4-11-9(6-8)13(17)10(14(18)19)7-16(11)12-2-1-5-20-12/h3-4,6-7,12H,1-2,5H2,(H,18,19). The third-order valence-electron chi connectivity index (χ3n) is 3.44. The Morgan fingerprint density at radius 1 is 1.45 bits per heavy atom. The van der Waals surface area contributed by atoms with Gasteiger partial charge in [0.15, 0.2) is 0 Å². The fourth-order valence-electron chi connectivity index (χ4n) is 2.50. The minimum Gasteiger partial charge on any atom is -0.477 e. The maximum Gasteiger partial charge on any atom is 0.341 e. The molecule has 6 heteroatoms. The zero-order chi connectivity index (χ0) is 14.3. The number of pyridine rings is 1. The number of nitrogens with zero attached hydrogens (tertiary/aromatic N) is 1. The van der Waals surface area contributed by atoms with Crippen LogP contribution in [0.25, 0.3) is 10.9 Å². The zero-order valence-corrected chi connectivity index (χ0v) is 10.5. The van der Waals surface area contributed by atoms with E-state index in [1.54, 1.807) is 4.57 Å². The quantitative estimate of drug-likeness (QED) is 0.913. The molecular weight excluding hydrogens is 265 g/mol. The van der Waals surface area contributed by atoms with E-state index in [1.807, 2.05) is 0 Å². The third-order valence-corrected chi connectivity index (χ3v) is 3.44. The number of benzene rings is 1. The van der Waals surface area contributed by atoms with Crippen LogP contribution >= 0.6 is 0 Å². The fraction of sp³-hybridized carbons (Fsp3) is 0.286. The minimum absolute atomic E-state index is 0.0559. The number of carboxylic acid groups (broad SMARTS) is 1. The van der Waals surface area contributed by atoms with Crippen LogP contribution in [0.5, 0.6) is 0 Å². The van der Waals surface area contributed by atoms with Crippen molar-refractivity contribution < 1.29 is 19.0 Å². The van der Waals surface area contributed by atoms with Crippen LogP contribution in [0.2, 0.25) is 0 Å². The number of fused-ring (bicyclic) bond motifs is 1. The molecule has 20 heavy (non-hydrogen) atoms. The Bertz CT molecular complexity index is 747. The van der Waals surface area contributed by atoms with E-state index in [-0.39, 0.29) is 17.2 Å². The first-order chi connectivity index (χ1) is 9.58. The van der Waals surface area contributed by atoms with Crippen LogP contribution < -0.4 is 5.43 Å². The van der Waals surface area contributed by atoms with Crippen molar-refractivity contribution in [3.8, 4) is 0 Å². The van der Waals surface area contributed by atoms with Crippen LogP contribution in [-0.4, -0.2) is 22.2 Å². The third kappa shape index (κ3) is 1.98. The van der Waals surface area contributed by atoms with E-state index in [9.17, 15) is 14.0 Å². The second kappa shape index (κ2) is 4.72. The second-order valence-corrected chi connectivity index (χ2v) is 4.71. The van der Waals surface area contributed by atoms with Gasteiger partial charge < -0.3 is 14.4 Å². The summed E-state index contributed by atoms with van der Waals surface area (Å²) in [7, 11) is 0. The minimum atomic E-state index is -1.33. The fourth-order valence-corrected chi connectivity index (χ4v) is 2.50. The van der Waals surface area contributed by atoms with Crippen molar-refractivity contribution in [3.05, 3.63) is 46.0 Å². The first-order valence-electron chi connectivity index (χ1n) is 6.27. The SMILES string of the molecule is O=C(O)c1cn(C2CCCO2)c2ccc(F)cc2c1=O. The molecule has 1 saturated heterocycles. The number of hydrogen-bond donors (Lipinski definition) is 1. The molecule has 1 aromatic carbocycles. The van der Waals surface area contributed by atoms with Crippen LogP contribution in [0.15, 0.2) is 29.2 Å². The van der Waals surface area contributed by atoms with E-state index in [0.717, 1.165) is 18.9 Å². The number of aromatic carboxylic acids is 1. The molecule has 1 unspecified atom stereocenters. The van der Waals surface area contributed by atoms with Crippen LogP contribution in [0.1, 0.15) is 29.4 Å². The van der Waals surface area contributed by atoms with Gasteiger partial charge in [-0.1, -0.05) is 0 Å². The predicted octanol–water partition coefficient (Wildman–Crippen LogP) is 2.15. The Balaban J connectivity index is 2.35. The summed E-state index contributed by atoms with van der Waals surface area (Å²) >= 11 is 0. The Morgan fingerprint density at radius 2 is 2.25 bits per heavy atom. The molecule has 0 radical (unpaired) electrons. The molecule has 1 aromatic heterocycles. The molecular formula is C14H12FNO4. The molecule has 0 bridgehead atoms. The van der Waals surface area contributed by atoms with Gasteiger partial charge in [0.2, 0.25) is 5.43 Å². The van der Waals surface area contributed by atoms with Gasteiger partial charge >= 0.3 is 5.97 Å². The monoisotopic (exact) mass is 277 g/mol. The van der Waals surface area contributed by atoms with Gasteiger partial charge in [0, 0.05) is 18.2 Å². The highest BCUT2D eigenvalue weighted by Crippen LogP contribution is 2.26. The molecule has 1 N–H and O–H groups in total. The Hall–Kier alpha value is -2.21. The van der Waals surface area contributed by atoms with Gasteiger partial charge in [0.1, 0.15) is 17.6 Å². The molecule has 1 atom stereocenters. The summed E-state index contributed by atoms with van der Waals surface area (Å²) in [5.74, 6) is -1.90. The highest BCUT2D eigenvalue weighted by atomic mass is 19.1. The second-order valence-electron chi connectivity index (χ2n) is 4.71. The summed E-state index contributed by atoms with van der Waals surface area (Å²) in [5.41, 5.74) is -0.576. The first kappa shape index (κ1) is 12.8. The van der Waals surface area contributed by atoms with Crippen molar-refractivity contribution in [1.29, 1.82) is 0 Å². The highest BCUT2D eigenvalue weighted by molar-refractivity contribution is 5.92. The largest absolute Gasteiger partial charge is 0.477 e. The van der Waals surface area contributed by atoms with Gasteiger partial charge in [0.25, 0.3) is 0 Å². The Labute approximate surface area is 113 Å². The lowest BCUT2D eigenvalue weighted by Gasteiger charge is -2.18. The van der Waals surface area contributed by atoms with Crippen LogP contribution in [0.3, 0.4) is 0 Å². The molecule has 0 amide bonds. The van der Waals surface area contributed by atoms with Crippen molar-refractivity contribution in [1.82, 2.24) is 4.57 Å². The van der Waals surface area contributed by atoms with E-state index in [4.69, 9.17) is 9.84 Å². The molecule has 1 fully saturated rings. The van der Waals surface area contributed by atoms with Crippen molar-refractivity contribution in [3.63, 3.8) is 0 Å². The summed E-state index contributed by atoms with van der Waals surface area (Å²) in [6.45, 7) is 0.585. The number of hydrogen-bond acceptors (Lipinski definition) is 3. The number of rotatable bonds is 2. The molecule has 1 aliphatic heterocycles. The smallest absolute Gasteiger partial charge is 0.341 e. The van der Waals surface area contributed by atoms with Crippen LogP contribution in [-0.2, 0) is 4.74 Å². The predicted molar refractivity (Wildman–Crippen MR) is 69.3 cm³/mol. The number of halogens is 1. The number of aromatic nitrogens is 1. The van der Waals surface area contributed by atoms with E-state index in [0.29, 0.717) is 12.1 Å². The average Bonchev–Trinajstić information content (AvgIpc) is 2.93. The molecule has 5 nitrogen and oxygen atoms in total. The van der Waals surface area contributed by atoms with Gasteiger partial charge in [-0.25, -0.2) is 9.18 Å². The number of carbonyl (C=O) groups is 1. The summed E-state index contributed by atoms with van der Waals surface area (Å²) in [6.07, 6.45) is 2.55. The van der Waals surface area contributed by atoms with E-state index in [2.05, 4.69) is 0 Å². The summed E-state index contributed by atoms with van der Waals surface area (Å²) in [4.78, 5) is 23.3. The molecule has 104 valence electrons. The van der Waals surface area contributed by atoms with Crippen molar-refractivity contribution >= 4 is 16.9 Å². The number of carboxylic acids is 1. The van der Waals surface area contributed by atoms with Crippen LogP contribution in [0, 0.1) is 5.82 Å².